The first-order chi connectivity index (χ1) is 6.39. The molecule has 0 aromatic heterocycles. The van der Waals surface area contributed by atoms with Crippen molar-refractivity contribution in [2.24, 2.45) is 5.41 Å². The monoisotopic (exact) mass is 198 g/mol. The average Bonchev–Trinajstić information content (AvgIpc) is 2.01. The second kappa shape index (κ2) is 4.43. The third-order valence-corrected chi connectivity index (χ3v) is 2.83. The average molecular weight is 198 g/mol. The molecule has 1 heterocycles. The predicted molar refractivity (Wildman–Crippen MR) is 57.3 cm³/mol. The lowest BCUT2D eigenvalue weighted by Gasteiger charge is -2.37. The zero-order valence-electron chi connectivity index (χ0n) is 9.80. The fourth-order valence-electron chi connectivity index (χ4n) is 2.01. The van der Waals surface area contributed by atoms with Gasteiger partial charge in [0.05, 0.1) is 12.2 Å². The summed E-state index contributed by atoms with van der Waals surface area (Å²) in [5.41, 5.74) is 0.204. The summed E-state index contributed by atoms with van der Waals surface area (Å²) in [4.78, 5) is 11.0. The van der Waals surface area contributed by atoms with E-state index in [1.807, 2.05) is 0 Å². The second-order valence-electron chi connectivity index (χ2n) is 5.45. The van der Waals surface area contributed by atoms with Crippen LogP contribution in [0.2, 0.25) is 0 Å². The maximum absolute atomic E-state index is 11.0. The Balaban J connectivity index is 2.48. The van der Waals surface area contributed by atoms with Gasteiger partial charge in [-0.3, -0.25) is 4.79 Å². The Kier molecular flexibility index (Phi) is 3.71. The largest absolute Gasteiger partial charge is 0.374 e. The Bertz CT molecular complexity index is 203. The Morgan fingerprint density at radius 1 is 1.36 bits per heavy atom. The molecule has 0 aromatic rings. The van der Waals surface area contributed by atoms with Gasteiger partial charge in [-0.2, -0.15) is 0 Å². The highest BCUT2D eigenvalue weighted by Gasteiger charge is 2.31. The molecule has 1 saturated heterocycles. The van der Waals surface area contributed by atoms with E-state index in [2.05, 4.69) is 20.8 Å². The molecule has 1 aliphatic rings. The minimum absolute atomic E-state index is 0.172. The number of carbonyl (C=O) groups is 1. The Morgan fingerprint density at radius 2 is 2.00 bits per heavy atom. The van der Waals surface area contributed by atoms with Gasteiger partial charge in [0.15, 0.2) is 0 Å². The fourth-order valence-corrected chi connectivity index (χ4v) is 2.01. The third kappa shape index (κ3) is 3.41. The number of carbonyl (C=O) groups excluding carboxylic acids is 1. The van der Waals surface area contributed by atoms with Crippen LogP contribution in [-0.4, -0.2) is 18.0 Å². The molecule has 0 saturated carbocycles. The van der Waals surface area contributed by atoms with Crippen LogP contribution in [0.25, 0.3) is 0 Å². The number of rotatable bonds is 2. The van der Waals surface area contributed by atoms with Crippen LogP contribution in [0.5, 0.6) is 0 Å². The van der Waals surface area contributed by atoms with E-state index < -0.39 is 0 Å². The Morgan fingerprint density at radius 3 is 2.50 bits per heavy atom. The van der Waals surface area contributed by atoms with Crippen molar-refractivity contribution in [3.63, 3.8) is 0 Å². The van der Waals surface area contributed by atoms with Crippen LogP contribution in [-0.2, 0) is 9.53 Å². The van der Waals surface area contributed by atoms with Crippen molar-refractivity contribution < 1.29 is 9.53 Å². The van der Waals surface area contributed by atoms with Gasteiger partial charge in [0.25, 0.3) is 0 Å². The van der Waals surface area contributed by atoms with Gasteiger partial charge < -0.3 is 4.74 Å². The molecule has 1 aliphatic heterocycles. The molecule has 0 N–H and O–H groups in total. The zero-order valence-corrected chi connectivity index (χ0v) is 9.80. The van der Waals surface area contributed by atoms with Crippen LogP contribution >= 0.6 is 0 Å². The SMILES string of the molecule is CC(=O)C[C@@H]1CCC[C@H](C(C)(C)C)O1. The highest BCUT2D eigenvalue weighted by atomic mass is 16.5. The third-order valence-electron chi connectivity index (χ3n) is 2.83. The Hall–Kier alpha value is -0.370. The molecule has 2 nitrogen and oxygen atoms in total. The summed E-state index contributed by atoms with van der Waals surface area (Å²) < 4.78 is 5.94. The van der Waals surface area contributed by atoms with Crippen LogP contribution < -0.4 is 0 Å². The summed E-state index contributed by atoms with van der Waals surface area (Å²) in [6.07, 6.45) is 4.46. The lowest BCUT2D eigenvalue weighted by Crippen LogP contribution is -2.37. The van der Waals surface area contributed by atoms with Crippen molar-refractivity contribution in [3.8, 4) is 0 Å². The van der Waals surface area contributed by atoms with E-state index in [1.165, 1.54) is 6.42 Å². The van der Waals surface area contributed by atoms with Crippen LogP contribution in [0.1, 0.15) is 53.4 Å². The van der Waals surface area contributed by atoms with Crippen molar-refractivity contribution in [3.05, 3.63) is 0 Å². The van der Waals surface area contributed by atoms with Gasteiger partial charge in [-0.15, -0.1) is 0 Å². The topological polar surface area (TPSA) is 26.3 Å². The van der Waals surface area contributed by atoms with Crippen molar-refractivity contribution in [1.82, 2.24) is 0 Å². The van der Waals surface area contributed by atoms with Crippen molar-refractivity contribution in [2.45, 2.75) is 65.6 Å². The molecule has 14 heavy (non-hydrogen) atoms. The molecule has 0 amide bonds. The molecule has 0 radical (unpaired) electrons. The van der Waals surface area contributed by atoms with Crippen LogP contribution in [0.4, 0.5) is 0 Å². The summed E-state index contributed by atoms with van der Waals surface area (Å²) >= 11 is 0. The quantitative estimate of drug-likeness (QED) is 0.682. The highest BCUT2D eigenvalue weighted by molar-refractivity contribution is 5.75. The smallest absolute Gasteiger partial charge is 0.132 e. The maximum atomic E-state index is 11.0. The summed E-state index contributed by atoms with van der Waals surface area (Å²) in [5.74, 6) is 0.240. The number of hydrogen-bond donors (Lipinski definition) is 0. The van der Waals surface area contributed by atoms with Crippen LogP contribution in [0.15, 0.2) is 0 Å². The molecule has 0 aromatic carbocycles. The molecule has 0 aliphatic carbocycles. The van der Waals surface area contributed by atoms with Gasteiger partial charge in [0.1, 0.15) is 5.78 Å². The lowest BCUT2D eigenvalue weighted by molar-refractivity contribution is -0.129. The first kappa shape index (κ1) is 11.7. The van der Waals surface area contributed by atoms with Gasteiger partial charge in [-0.05, 0) is 31.6 Å². The van der Waals surface area contributed by atoms with E-state index in [-0.39, 0.29) is 17.3 Å². The number of ketones is 1. The number of Topliss-reactive ketones (excluding diaryl/α,β-unsaturated/α-hetero) is 1. The van der Waals surface area contributed by atoms with Crippen molar-refractivity contribution >= 4 is 5.78 Å². The molecule has 0 bridgehead atoms. The van der Waals surface area contributed by atoms with E-state index in [9.17, 15) is 4.79 Å². The predicted octanol–water partition coefficient (Wildman–Crippen LogP) is 2.95. The molecular weight excluding hydrogens is 176 g/mol. The number of hydrogen-bond acceptors (Lipinski definition) is 2. The first-order valence-electron chi connectivity index (χ1n) is 5.54. The minimum atomic E-state index is 0.172. The van der Waals surface area contributed by atoms with E-state index in [0.29, 0.717) is 12.5 Å². The molecule has 0 unspecified atom stereocenters. The van der Waals surface area contributed by atoms with E-state index >= 15 is 0 Å². The normalized spacial score (nSPS) is 28.9. The van der Waals surface area contributed by atoms with Gasteiger partial charge >= 0.3 is 0 Å². The molecule has 2 atom stereocenters. The summed E-state index contributed by atoms with van der Waals surface area (Å²) in [5, 5.41) is 0. The summed E-state index contributed by atoms with van der Waals surface area (Å²) in [6.45, 7) is 8.25. The molecule has 2 heteroatoms. The van der Waals surface area contributed by atoms with E-state index in [4.69, 9.17) is 4.74 Å². The highest BCUT2D eigenvalue weighted by Crippen LogP contribution is 2.32. The second-order valence-corrected chi connectivity index (χ2v) is 5.45. The van der Waals surface area contributed by atoms with Crippen LogP contribution in [0.3, 0.4) is 0 Å². The fraction of sp³-hybridized carbons (Fsp3) is 0.917. The Labute approximate surface area is 87.0 Å². The zero-order chi connectivity index (χ0) is 10.8. The molecule has 1 fully saturated rings. The first-order valence-corrected chi connectivity index (χ1v) is 5.54. The van der Waals surface area contributed by atoms with Crippen LogP contribution in [0, 0.1) is 5.41 Å². The van der Waals surface area contributed by atoms with Gasteiger partial charge in [0, 0.05) is 6.42 Å². The molecule has 1 rings (SSSR count). The summed E-state index contributed by atoms with van der Waals surface area (Å²) in [6, 6.07) is 0. The standard InChI is InChI=1S/C12H22O2/c1-9(13)8-10-6-5-7-11(14-10)12(2,3)4/h10-11H,5-8H2,1-4H3/t10-,11+/m0/s1. The molecular formula is C12H22O2. The lowest BCUT2D eigenvalue weighted by atomic mass is 9.83. The van der Waals surface area contributed by atoms with E-state index in [1.54, 1.807) is 6.92 Å². The molecule has 0 spiro atoms. The van der Waals surface area contributed by atoms with Crippen molar-refractivity contribution in [2.75, 3.05) is 0 Å². The van der Waals surface area contributed by atoms with Gasteiger partial charge in [0.2, 0.25) is 0 Å². The van der Waals surface area contributed by atoms with E-state index in [0.717, 1.165) is 12.8 Å². The summed E-state index contributed by atoms with van der Waals surface area (Å²) in [7, 11) is 0. The van der Waals surface area contributed by atoms with Gasteiger partial charge in [-0.25, -0.2) is 0 Å². The van der Waals surface area contributed by atoms with Crippen molar-refractivity contribution in [1.29, 1.82) is 0 Å². The maximum Gasteiger partial charge on any atom is 0.132 e. The minimum Gasteiger partial charge on any atom is -0.374 e. The number of ether oxygens (including phenoxy) is 1. The molecule has 82 valence electrons. The van der Waals surface area contributed by atoms with Gasteiger partial charge in [-0.1, -0.05) is 20.8 Å².